The highest BCUT2D eigenvalue weighted by Crippen LogP contribution is 2.17. The third kappa shape index (κ3) is 2.40. The van der Waals surface area contributed by atoms with E-state index in [2.05, 4.69) is 15.3 Å². The van der Waals surface area contributed by atoms with E-state index in [4.69, 9.17) is 18.0 Å². The lowest BCUT2D eigenvalue weighted by Gasteiger charge is -2.15. The molecule has 2 heterocycles. The van der Waals surface area contributed by atoms with Gasteiger partial charge >= 0.3 is 0 Å². The predicted molar refractivity (Wildman–Crippen MR) is 72.3 cm³/mol. The third-order valence-electron chi connectivity index (χ3n) is 2.91. The molecule has 6 nitrogen and oxygen atoms in total. The maximum Gasteiger partial charge on any atom is 0.244 e. The highest BCUT2D eigenvalue weighted by atomic mass is 32.1. The largest absolute Gasteiger partial charge is 0.389 e. The van der Waals surface area contributed by atoms with Crippen LogP contribution < -0.4 is 11.1 Å². The second-order valence-corrected chi connectivity index (χ2v) is 4.73. The Morgan fingerprint density at radius 2 is 2.39 bits per heavy atom. The van der Waals surface area contributed by atoms with E-state index in [9.17, 15) is 4.79 Å². The number of carbonyl (C=O) groups excluding carboxylic acids is 1. The summed E-state index contributed by atoms with van der Waals surface area (Å²) in [6.07, 6.45) is 2.32. The molecular formula is C11H15N5OS. The fraction of sp³-hybridized carbons (Fsp3) is 0.455. The molecule has 18 heavy (non-hydrogen) atoms. The smallest absolute Gasteiger partial charge is 0.244 e. The van der Waals surface area contributed by atoms with E-state index in [1.54, 1.807) is 25.1 Å². The van der Waals surface area contributed by atoms with Crippen molar-refractivity contribution in [2.75, 3.05) is 18.9 Å². The van der Waals surface area contributed by atoms with E-state index in [1.165, 1.54) is 0 Å². The molecule has 0 spiro atoms. The number of aryl methyl sites for hydroxylation is 1. The Morgan fingerprint density at radius 1 is 1.67 bits per heavy atom. The van der Waals surface area contributed by atoms with Crippen molar-refractivity contribution < 1.29 is 4.79 Å². The van der Waals surface area contributed by atoms with Gasteiger partial charge in [-0.05, 0) is 13.3 Å². The molecule has 96 valence electrons. The Hall–Kier alpha value is -1.76. The number of aromatic nitrogens is 2. The summed E-state index contributed by atoms with van der Waals surface area (Å²) >= 11 is 4.95. The number of nitrogens with one attached hydrogen (secondary N) is 1. The van der Waals surface area contributed by atoms with Crippen LogP contribution in [-0.2, 0) is 4.79 Å². The van der Waals surface area contributed by atoms with Crippen LogP contribution in [0.3, 0.4) is 0 Å². The number of nitrogens with two attached hydrogens (primary N) is 1. The number of carbonyl (C=O) groups is 1. The summed E-state index contributed by atoms with van der Waals surface area (Å²) in [5, 5.41) is 3.10. The van der Waals surface area contributed by atoms with Gasteiger partial charge in [-0.25, -0.2) is 9.97 Å². The monoisotopic (exact) mass is 265 g/mol. The molecule has 1 aromatic heterocycles. The summed E-state index contributed by atoms with van der Waals surface area (Å²) in [4.78, 5) is 22.0. The quantitative estimate of drug-likeness (QED) is 0.752. The molecule has 1 unspecified atom stereocenters. The van der Waals surface area contributed by atoms with Gasteiger partial charge in [-0.3, -0.25) is 4.79 Å². The van der Waals surface area contributed by atoms with Crippen molar-refractivity contribution in [3.63, 3.8) is 0 Å². The molecule has 1 saturated heterocycles. The van der Waals surface area contributed by atoms with E-state index in [0.717, 1.165) is 13.0 Å². The zero-order valence-electron chi connectivity index (χ0n) is 10.3. The van der Waals surface area contributed by atoms with Gasteiger partial charge in [0.05, 0.1) is 5.56 Å². The lowest BCUT2D eigenvalue weighted by molar-refractivity contribution is -0.127. The molecule has 1 amide bonds. The van der Waals surface area contributed by atoms with Crippen LogP contribution in [0.1, 0.15) is 17.8 Å². The lowest BCUT2D eigenvalue weighted by Crippen LogP contribution is -2.32. The summed E-state index contributed by atoms with van der Waals surface area (Å²) in [5.74, 6) is 1.19. The van der Waals surface area contributed by atoms with Crippen LogP contribution in [0.15, 0.2) is 6.20 Å². The van der Waals surface area contributed by atoms with Crippen molar-refractivity contribution in [1.29, 1.82) is 0 Å². The predicted octanol–water partition coefficient (Wildman–Crippen LogP) is 0.0618. The van der Waals surface area contributed by atoms with E-state index in [-0.39, 0.29) is 16.9 Å². The lowest BCUT2D eigenvalue weighted by atomic mass is 10.2. The zero-order chi connectivity index (χ0) is 13.3. The minimum Gasteiger partial charge on any atom is -0.389 e. The van der Waals surface area contributed by atoms with Crippen molar-refractivity contribution >= 4 is 28.9 Å². The molecule has 3 N–H and O–H groups in total. The summed E-state index contributed by atoms with van der Waals surface area (Å²) in [6, 6.07) is -0.266. The third-order valence-corrected chi connectivity index (χ3v) is 3.13. The summed E-state index contributed by atoms with van der Waals surface area (Å²) in [5.41, 5.74) is 6.18. The first-order chi connectivity index (χ1) is 8.49. The number of likely N-dealkylation sites (N-methyl/N-ethyl adjacent to an activating group) is 1. The Labute approximate surface area is 111 Å². The van der Waals surface area contributed by atoms with E-state index in [0.29, 0.717) is 17.2 Å². The Morgan fingerprint density at radius 3 is 2.94 bits per heavy atom. The second kappa shape index (κ2) is 4.85. The topological polar surface area (TPSA) is 84.1 Å². The summed E-state index contributed by atoms with van der Waals surface area (Å²) < 4.78 is 0. The molecule has 7 heteroatoms. The number of hydrogen-bond acceptors (Lipinski definition) is 5. The van der Waals surface area contributed by atoms with Gasteiger partial charge in [0.15, 0.2) is 0 Å². The zero-order valence-corrected chi connectivity index (χ0v) is 11.1. The molecule has 0 saturated carbocycles. The first kappa shape index (κ1) is 12.7. The Balaban J connectivity index is 2.25. The number of anilines is 1. The number of nitrogens with zero attached hydrogens (tertiary/aromatic N) is 3. The van der Waals surface area contributed by atoms with Crippen molar-refractivity contribution in [3.05, 3.63) is 17.6 Å². The molecular weight excluding hydrogens is 250 g/mol. The van der Waals surface area contributed by atoms with Crippen LogP contribution >= 0.6 is 12.2 Å². The Bertz CT molecular complexity index is 504. The summed E-state index contributed by atoms with van der Waals surface area (Å²) in [6.45, 7) is 2.51. The van der Waals surface area contributed by atoms with Gasteiger partial charge in [-0.2, -0.15) is 0 Å². The number of likely N-dealkylation sites (tertiary alicyclic amines) is 1. The van der Waals surface area contributed by atoms with Crippen molar-refractivity contribution in [2.24, 2.45) is 5.73 Å². The molecule has 1 fully saturated rings. The highest BCUT2D eigenvalue weighted by Gasteiger charge is 2.29. The molecule has 1 aromatic rings. The number of thiocarbonyl (C=S) groups is 1. The first-order valence-electron chi connectivity index (χ1n) is 5.64. The van der Waals surface area contributed by atoms with Crippen LogP contribution in [0.4, 0.5) is 5.82 Å². The van der Waals surface area contributed by atoms with Gasteiger partial charge < -0.3 is 16.0 Å². The van der Waals surface area contributed by atoms with E-state index < -0.39 is 0 Å². The minimum atomic E-state index is -0.266. The molecule has 1 aliphatic rings. The normalized spacial score (nSPS) is 19.1. The van der Waals surface area contributed by atoms with Gasteiger partial charge in [-0.1, -0.05) is 12.2 Å². The SMILES string of the molecule is Cc1ncc(C(N)=S)c(NC2CCN(C)C2=O)n1. The molecule has 0 radical (unpaired) electrons. The molecule has 0 aliphatic carbocycles. The van der Waals surface area contributed by atoms with Crippen molar-refractivity contribution in [2.45, 2.75) is 19.4 Å². The van der Waals surface area contributed by atoms with Crippen LogP contribution in [0.25, 0.3) is 0 Å². The fourth-order valence-corrected chi connectivity index (χ4v) is 2.03. The molecule has 2 rings (SSSR count). The first-order valence-corrected chi connectivity index (χ1v) is 6.05. The number of amides is 1. The second-order valence-electron chi connectivity index (χ2n) is 4.29. The van der Waals surface area contributed by atoms with Gasteiger partial charge in [0.2, 0.25) is 5.91 Å². The number of rotatable bonds is 3. The molecule has 0 bridgehead atoms. The average molecular weight is 265 g/mol. The standard InChI is InChI=1S/C11H15N5OS/c1-6-13-5-7(9(12)18)10(14-6)15-8-3-4-16(2)11(8)17/h5,8H,3-4H2,1-2H3,(H2,12,18)(H,13,14,15). The van der Waals surface area contributed by atoms with E-state index >= 15 is 0 Å². The van der Waals surface area contributed by atoms with Gasteiger partial charge in [-0.15, -0.1) is 0 Å². The van der Waals surface area contributed by atoms with Gasteiger partial charge in [0, 0.05) is 19.8 Å². The average Bonchev–Trinajstić information content (AvgIpc) is 2.61. The van der Waals surface area contributed by atoms with E-state index in [1.807, 2.05) is 0 Å². The van der Waals surface area contributed by atoms with Crippen LogP contribution in [0.5, 0.6) is 0 Å². The maximum absolute atomic E-state index is 11.8. The van der Waals surface area contributed by atoms with Crippen molar-refractivity contribution in [3.8, 4) is 0 Å². The van der Waals surface area contributed by atoms with Crippen LogP contribution in [0.2, 0.25) is 0 Å². The minimum absolute atomic E-state index is 0.0557. The van der Waals surface area contributed by atoms with Crippen molar-refractivity contribution in [1.82, 2.24) is 14.9 Å². The summed E-state index contributed by atoms with van der Waals surface area (Å²) in [7, 11) is 1.78. The highest BCUT2D eigenvalue weighted by molar-refractivity contribution is 7.80. The van der Waals surface area contributed by atoms with Crippen LogP contribution in [-0.4, -0.2) is 45.4 Å². The number of hydrogen-bond donors (Lipinski definition) is 2. The Kier molecular flexibility index (Phi) is 3.42. The molecule has 1 aliphatic heterocycles. The fourth-order valence-electron chi connectivity index (χ4n) is 1.88. The van der Waals surface area contributed by atoms with Gasteiger partial charge in [0.25, 0.3) is 0 Å². The molecule has 1 atom stereocenters. The maximum atomic E-state index is 11.8. The molecule has 0 aromatic carbocycles. The van der Waals surface area contributed by atoms with Gasteiger partial charge in [0.1, 0.15) is 22.7 Å². The van der Waals surface area contributed by atoms with Crippen LogP contribution in [0, 0.1) is 6.92 Å².